The lowest BCUT2D eigenvalue weighted by Gasteiger charge is -2.06. The number of benzene rings is 1. The standard InChI is InChI=1S/C17H15N5O3/c23-17(9-13-1-4-15(5-2-13)22(24)25)20-11-14-3-6-16(19-10-14)21-8-7-18-12-21/h1-8,10,12H,9,11H2,(H,20,23). The van der Waals surface area contributed by atoms with Crippen molar-refractivity contribution in [1.29, 1.82) is 0 Å². The van der Waals surface area contributed by atoms with Crippen molar-refractivity contribution in [2.75, 3.05) is 0 Å². The first kappa shape index (κ1) is 16.3. The number of carbonyl (C=O) groups is 1. The minimum Gasteiger partial charge on any atom is -0.352 e. The zero-order valence-electron chi connectivity index (χ0n) is 13.2. The number of non-ortho nitro benzene ring substituents is 1. The Balaban J connectivity index is 1.52. The van der Waals surface area contributed by atoms with Crippen LogP contribution in [0.1, 0.15) is 11.1 Å². The second-order valence-corrected chi connectivity index (χ2v) is 5.37. The molecule has 0 aliphatic carbocycles. The number of imidazole rings is 1. The van der Waals surface area contributed by atoms with Crippen LogP contribution >= 0.6 is 0 Å². The van der Waals surface area contributed by atoms with Gasteiger partial charge in [0.2, 0.25) is 5.91 Å². The number of nitrogens with zero attached hydrogens (tertiary/aromatic N) is 4. The molecule has 0 unspecified atom stereocenters. The maximum Gasteiger partial charge on any atom is 0.269 e. The Morgan fingerprint density at radius 3 is 2.52 bits per heavy atom. The molecular weight excluding hydrogens is 322 g/mol. The van der Waals surface area contributed by atoms with Gasteiger partial charge in [-0.1, -0.05) is 18.2 Å². The number of nitro groups is 1. The number of pyridine rings is 1. The summed E-state index contributed by atoms with van der Waals surface area (Å²) >= 11 is 0. The van der Waals surface area contributed by atoms with Gasteiger partial charge in [0.05, 0.1) is 11.3 Å². The van der Waals surface area contributed by atoms with Crippen molar-refractivity contribution < 1.29 is 9.72 Å². The molecule has 1 aromatic carbocycles. The summed E-state index contributed by atoms with van der Waals surface area (Å²) in [6.45, 7) is 0.364. The summed E-state index contributed by atoms with van der Waals surface area (Å²) in [5.41, 5.74) is 1.60. The summed E-state index contributed by atoms with van der Waals surface area (Å²) in [6, 6.07) is 9.68. The van der Waals surface area contributed by atoms with Gasteiger partial charge < -0.3 is 5.32 Å². The van der Waals surface area contributed by atoms with E-state index in [1.54, 1.807) is 41.6 Å². The van der Waals surface area contributed by atoms with Crippen LogP contribution in [-0.4, -0.2) is 25.4 Å². The van der Waals surface area contributed by atoms with Crippen molar-refractivity contribution in [1.82, 2.24) is 19.9 Å². The molecule has 0 atom stereocenters. The molecule has 126 valence electrons. The number of hydrogen-bond acceptors (Lipinski definition) is 5. The highest BCUT2D eigenvalue weighted by molar-refractivity contribution is 5.78. The maximum absolute atomic E-state index is 12.0. The summed E-state index contributed by atoms with van der Waals surface area (Å²) in [6.07, 6.45) is 7.00. The monoisotopic (exact) mass is 337 g/mol. The molecule has 8 nitrogen and oxygen atoms in total. The molecule has 1 N–H and O–H groups in total. The summed E-state index contributed by atoms with van der Waals surface area (Å²) in [5, 5.41) is 13.4. The maximum atomic E-state index is 12.0. The Hall–Kier alpha value is -3.55. The number of amides is 1. The third-order valence-electron chi connectivity index (χ3n) is 3.58. The number of nitro benzene ring substituents is 1. The third kappa shape index (κ3) is 4.25. The largest absolute Gasteiger partial charge is 0.352 e. The van der Waals surface area contributed by atoms with Crippen molar-refractivity contribution in [3.63, 3.8) is 0 Å². The van der Waals surface area contributed by atoms with Gasteiger partial charge in [0.15, 0.2) is 0 Å². The molecule has 0 fully saturated rings. The van der Waals surface area contributed by atoms with Crippen molar-refractivity contribution in [2.24, 2.45) is 0 Å². The molecular formula is C17H15N5O3. The predicted octanol–water partition coefficient (Wildman–Crippen LogP) is 2.03. The Morgan fingerprint density at radius 2 is 1.92 bits per heavy atom. The van der Waals surface area contributed by atoms with Crippen LogP contribution in [0, 0.1) is 10.1 Å². The molecule has 3 rings (SSSR count). The molecule has 0 aliphatic heterocycles. The zero-order valence-corrected chi connectivity index (χ0v) is 13.2. The first-order valence-electron chi connectivity index (χ1n) is 7.55. The highest BCUT2D eigenvalue weighted by atomic mass is 16.6. The van der Waals surface area contributed by atoms with Crippen LogP contribution in [0.15, 0.2) is 61.3 Å². The Bertz CT molecular complexity index is 858. The summed E-state index contributed by atoms with van der Waals surface area (Å²) in [4.78, 5) is 30.4. The average Bonchev–Trinajstić information content (AvgIpc) is 3.15. The third-order valence-corrected chi connectivity index (χ3v) is 3.58. The molecule has 1 amide bonds. The van der Waals surface area contributed by atoms with E-state index < -0.39 is 4.92 Å². The summed E-state index contributed by atoms with van der Waals surface area (Å²) < 4.78 is 1.79. The first-order valence-corrected chi connectivity index (χ1v) is 7.55. The molecule has 0 bridgehead atoms. The Morgan fingerprint density at radius 1 is 1.16 bits per heavy atom. The first-order chi connectivity index (χ1) is 12.1. The second-order valence-electron chi connectivity index (χ2n) is 5.37. The van der Waals surface area contributed by atoms with Crippen LogP contribution in [0.2, 0.25) is 0 Å². The van der Waals surface area contributed by atoms with E-state index in [0.717, 1.165) is 16.9 Å². The van der Waals surface area contributed by atoms with Crippen LogP contribution in [-0.2, 0) is 17.8 Å². The molecule has 0 aliphatic rings. The molecule has 0 saturated heterocycles. The lowest BCUT2D eigenvalue weighted by Crippen LogP contribution is -2.24. The highest BCUT2D eigenvalue weighted by Crippen LogP contribution is 2.12. The van der Waals surface area contributed by atoms with Gasteiger partial charge >= 0.3 is 0 Å². The van der Waals surface area contributed by atoms with Crippen LogP contribution in [0.25, 0.3) is 5.82 Å². The van der Waals surface area contributed by atoms with Gasteiger partial charge in [-0.3, -0.25) is 19.5 Å². The number of hydrogen-bond donors (Lipinski definition) is 1. The van der Waals surface area contributed by atoms with E-state index in [0.29, 0.717) is 6.54 Å². The van der Waals surface area contributed by atoms with Crippen LogP contribution in [0.4, 0.5) is 5.69 Å². The number of carbonyl (C=O) groups excluding carboxylic acids is 1. The van der Waals surface area contributed by atoms with Crippen molar-refractivity contribution in [2.45, 2.75) is 13.0 Å². The fourth-order valence-corrected chi connectivity index (χ4v) is 2.25. The van der Waals surface area contributed by atoms with E-state index in [4.69, 9.17) is 0 Å². The predicted molar refractivity (Wildman–Crippen MR) is 90.0 cm³/mol. The van der Waals surface area contributed by atoms with E-state index in [9.17, 15) is 14.9 Å². The lowest BCUT2D eigenvalue weighted by molar-refractivity contribution is -0.384. The Labute approximate surface area is 143 Å². The van der Waals surface area contributed by atoms with E-state index in [1.807, 2.05) is 12.1 Å². The number of rotatable bonds is 6. The van der Waals surface area contributed by atoms with Crippen molar-refractivity contribution in [3.8, 4) is 5.82 Å². The quantitative estimate of drug-likeness (QED) is 0.547. The molecule has 0 saturated carbocycles. The average molecular weight is 337 g/mol. The zero-order chi connectivity index (χ0) is 17.6. The summed E-state index contributed by atoms with van der Waals surface area (Å²) in [7, 11) is 0. The fourth-order valence-electron chi connectivity index (χ4n) is 2.25. The minimum atomic E-state index is -0.468. The second kappa shape index (κ2) is 7.35. The lowest BCUT2D eigenvalue weighted by atomic mass is 10.1. The SMILES string of the molecule is O=C(Cc1ccc([N+](=O)[O-])cc1)NCc1ccc(-n2ccnc2)nc1. The van der Waals surface area contributed by atoms with Gasteiger partial charge in [-0.05, 0) is 17.2 Å². The normalized spacial score (nSPS) is 10.4. The van der Waals surface area contributed by atoms with Gasteiger partial charge in [0.25, 0.3) is 5.69 Å². The van der Waals surface area contributed by atoms with E-state index in [2.05, 4.69) is 15.3 Å². The van der Waals surface area contributed by atoms with Crippen LogP contribution in [0.3, 0.4) is 0 Å². The molecule has 0 spiro atoms. The summed E-state index contributed by atoms with van der Waals surface area (Å²) in [5.74, 6) is 0.589. The van der Waals surface area contributed by atoms with Crippen molar-refractivity contribution in [3.05, 3.63) is 82.6 Å². The molecule has 3 aromatic rings. The van der Waals surface area contributed by atoms with E-state index in [-0.39, 0.29) is 18.0 Å². The topological polar surface area (TPSA) is 103 Å². The van der Waals surface area contributed by atoms with Crippen molar-refractivity contribution >= 4 is 11.6 Å². The minimum absolute atomic E-state index is 0.00761. The van der Waals surface area contributed by atoms with Gasteiger partial charge in [-0.15, -0.1) is 0 Å². The fraction of sp³-hybridized carbons (Fsp3) is 0.118. The molecule has 2 aromatic heterocycles. The van der Waals surface area contributed by atoms with E-state index in [1.165, 1.54) is 12.1 Å². The molecule has 2 heterocycles. The van der Waals surface area contributed by atoms with Gasteiger partial charge in [-0.25, -0.2) is 9.97 Å². The highest BCUT2D eigenvalue weighted by Gasteiger charge is 2.07. The van der Waals surface area contributed by atoms with Crippen LogP contribution < -0.4 is 5.32 Å². The van der Waals surface area contributed by atoms with Gasteiger partial charge in [0, 0.05) is 37.3 Å². The smallest absolute Gasteiger partial charge is 0.269 e. The molecule has 0 radical (unpaired) electrons. The number of nitrogens with one attached hydrogen (secondary N) is 1. The van der Waals surface area contributed by atoms with E-state index >= 15 is 0 Å². The van der Waals surface area contributed by atoms with Crippen LogP contribution in [0.5, 0.6) is 0 Å². The van der Waals surface area contributed by atoms with Gasteiger partial charge in [0.1, 0.15) is 12.1 Å². The Kier molecular flexibility index (Phi) is 4.79. The molecule has 25 heavy (non-hydrogen) atoms. The number of aromatic nitrogens is 3. The van der Waals surface area contributed by atoms with Gasteiger partial charge in [-0.2, -0.15) is 0 Å². The molecule has 8 heteroatoms.